The van der Waals surface area contributed by atoms with E-state index in [1.54, 1.807) is 0 Å². The predicted molar refractivity (Wildman–Crippen MR) is 71.7 cm³/mol. The Balaban J connectivity index is 0.00000144. The standard InChI is InChI=1S/C11H22N2O2S.ClH/c1-9-4-2-3-7-11(9,8-12)13-16(14,15)10-5-6-10;/h9-10,13H,2-8,12H2,1H3;1H. The van der Waals surface area contributed by atoms with Crippen molar-refractivity contribution in [3.05, 3.63) is 0 Å². The summed E-state index contributed by atoms with van der Waals surface area (Å²) >= 11 is 0. The molecule has 0 aliphatic heterocycles. The summed E-state index contributed by atoms with van der Waals surface area (Å²) in [7, 11) is -3.12. The van der Waals surface area contributed by atoms with Crippen LogP contribution in [0.5, 0.6) is 0 Å². The van der Waals surface area contributed by atoms with E-state index in [4.69, 9.17) is 5.73 Å². The molecule has 0 aromatic heterocycles. The molecule has 0 aromatic carbocycles. The summed E-state index contributed by atoms with van der Waals surface area (Å²) in [5.41, 5.74) is 5.45. The number of hydrogen-bond acceptors (Lipinski definition) is 3. The summed E-state index contributed by atoms with van der Waals surface area (Å²) < 4.78 is 26.9. The van der Waals surface area contributed by atoms with Crippen molar-refractivity contribution in [1.29, 1.82) is 0 Å². The molecule has 0 spiro atoms. The van der Waals surface area contributed by atoms with Gasteiger partial charge in [0.25, 0.3) is 0 Å². The molecule has 0 heterocycles. The Hall–Kier alpha value is 0.160. The zero-order valence-electron chi connectivity index (χ0n) is 10.3. The highest BCUT2D eigenvalue weighted by Gasteiger charge is 2.44. The van der Waals surface area contributed by atoms with Gasteiger partial charge < -0.3 is 5.73 Å². The number of hydrogen-bond donors (Lipinski definition) is 2. The van der Waals surface area contributed by atoms with E-state index in [2.05, 4.69) is 11.6 Å². The first-order chi connectivity index (χ1) is 7.50. The molecule has 17 heavy (non-hydrogen) atoms. The normalized spacial score (nSPS) is 34.1. The van der Waals surface area contributed by atoms with Crippen LogP contribution in [0.15, 0.2) is 0 Å². The van der Waals surface area contributed by atoms with Gasteiger partial charge in [-0.1, -0.05) is 19.8 Å². The number of nitrogens with one attached hydrogen (secondary N) is 1. The fraction of sp³-hybridized carbons (Fsp3) is 1.00. The molecule has 0 amide bonds. The van der Waals surface area contributed by atoms with Gasteiger partial charge in [0, 0.05) is 12.1 Å². The molecule has 2 unspecified atom stereocenters. The maximum absolute atomic E-state index is 12.0. The summed E-state index contributed by atoms with van der Waals surface area (Å²) in [4.78, 5) is 0. The van der Waals surface area contributed by atoms with Crippen molar-refractivity contribution in [2.24, 2.45) is 11.7 Å². The molecule has 0 bridgehead atoms. The highest BCUT2D eigenvalue weighted by molar-refractivity contribution is 7.90. The largest absolute Gasteiger partial charge is 0.329 e. The van der Waals surface area contributed by atoms with Gasteiger partial charge in [-0.05, 0) is 31.6 Å². The third-order valence-electron chi connectivity index (χ3n) is 4.13. The number of sulfonamides is 1. The molecule has 3 N–H and O–H groups in total. The van der Waals surface area contributed by atoms with Crippen molar-refractivity contribution in [1.82, 2.24) is 4.72 Å². The molecule has 4 nitrogen and oxygen atoms in total. The summed E-state index contributed by atoms with van der Waals surface area (Å²) in [6.07, 6.45) is 5.85. The van der Waals surface area contributed by atoms with Crippen molar-refractivity contribution in [3.8, 4) is 0 Å². The summed E-state index contributed by atoms with van der Waals surface area (Å²) in [5.74, 6) is 0.347. The average molecular weight is 283 g/mol. The second kappa shape index (κ2) is 5.43. The molecular formula is C11H23ClN2O2S. The Bertz CT molecular complexity index is 356. The monoisotopic (exact) mass is 282 g/mol. The Morgan fingerprint density at radius 2 is 1.94 bits per heavy atom. The van der Waals surface area contributed by atoms with E-state index in [9.17, 15) is 8.42 Å². The highest BCUT2D eigenvalue weighted by Crippen LogP contribution is 2.36. The first-order valence-electron chi connectivity index (χ1n) is 6.23. The summed E-state index contributed by atoms with van der Waals surface area (Å²) in [6, 6.07) is 0. The number of nitrogens with two attached hydrogens (primary N) is 1. The summed E-state index contributed by atoms with van der Waals surface area (Å²) in [5, 5.41) is -0.148. The van der Waals surface area contributed by atoms with Crippen molar-refractivity contribution in [2.45, 2.75) is 56.2 Å². The maximum Gasteiger partial charge on any atom is 0.215 e. The SMILES string of the molecule is CC1CCCCC1(CN)NS(=O)(=O)C1CC1.Cl. The van der Waals surface area contributed by atoms with Crippen molar-refractivity contribution in [3.63, 3.8) is 0 Å². The van der Waals surface area contributed by atoms with E-state index < -0.39 is 10.0 Å². The number of halogens is 1. The second-order valence-electron chi connectivity index (χ2n) is 5.35. The fourth-order valence-corrected chi connectivity index (χ4v) is 4.53. The van der Waals surface area contributed by atoms with Gasteiger partial charge in [-0.25, -0.2) is 13.1 Å². The average Bonchev–Trinajstić information content (AvgIpc) is 3.05. The number of rotatable bonds is 4. The van der Waals surface area contributed by atoms with Crippen LogP contribution < -0.4 is 10.5 Å². The van der Waals surface area contributed by atoms with Crippen molar-refractivity contribution < 1.29 is 8.42 Å². The quantitative estimate of drug-likeness (QED) is 0.819. The molecule has 2 fully saturated rings. The molecule has 0 saturated heterocycles. The van der Waals surface area contributed by atoms with E-state index in [-0.39, 0.29) is 23.2 Å². The lowest BCUT2D eigenvalue weighted by Gasteiger charge is -2.42. The van der Waals surface area contributed by atoms with E-state index in [1.165, 1.54) is 6.42 Å². The van der Waals surface area contributed by atoms with Gasteiger partial charge in [-0.3, -0.25) is 0 Å². The lowest BCUT2D eigenvalue weighted by Crippen LogP contribution is -2.59. The minimum atomic E-state index is -3.12. The smallest absolute Gasteiger partial charge is 0.215 e. The minimum absolute atomic E-state index is 0. The van der Waals surface area contributed by atoms with Crippen LogP contribution in [-0.2, 0) is 10.0 Å². The van der Waals surface area contributed by atoms with Gasteiger partial charge in [-0.15, -0.1) is 12.4 Å². The molecule has 0 radical (unpaired) electrons. The zero-order chi connectivity index (χ0) is 11.8. The van der Waals surface area contributed by atoms with E-state index >= 15 is 0 Å². The van der Waals surface area contributed by atoms with Gasteiger partial charge in [0.15, 0.2) is 0 Å². The Morgan fingerprint density at radius 1 is 1.29 bits per heavy atom. The molecule has 2 rings (SSSR count). The van der Waals surface area contributed by atoms with Crippen LogP contribution in [0.4, 0.5) is 0 Å². The minimum Gasteiger partial charge on any atom is -0.329 e. The maximum atomic E-state index is 12.0. The fourth-order valence-electron chi connectivity index (χ4n) is 2.66. The van der Waals surface area contributed by atoms with Crippen LogP contribution >= 0.6 is 12.4 Å². The molecule has 2 aliphatic carbocycles. The third kappa shape index (κ3) is 3.13. The third-order valence-corrected chi connectivity index (χ3v) is 6.17. The van der Waals surface area contributed by atoms with Crippen molar-refractivity contribution in [2.75, 3.05) is 6.54 Å². The predicted octanol–water partition coefficient (Wildman–Crippen LogP) is 1.40. The lowest BCUT2D eigenvalue weighted by molar-refractivity contribution is 0.191. The summed E-state index contributed by atoms with van der Waals surface area (Å²) in [6.45, 7) is 2.53. The first-order valence-corrected chi connectivity index (χ1v) is 7.78. The molecular weight excluding hydrogens is 260 g/mol. The molecule has 2 atom stereocenters. The van der Waals surface area contributed by atoms with Gasteiger partial charge in [0.05, 0.1) is 5.25 Å². The zero-order valence-corrected chi connectivity index (χ0v) is 11.9. The Labute approximate surface area is 110 Å². The van der Waals surface area contributed by atoms with Gasteiger partial charge in [-0.2, -0.15) is 0 Å². The van der Waals surface area contributed by atoms with E-state index in [0.717, 1.165) is 32.1 Å². The molecule has 0 aromatic rings. The molecule has 2 saturated carbocycles. The Kier molecular flexibility index (Phi) is 4.86. The van der Waals surface area contributed by atoms with Gasteiger partial charge in [0.2, 0.25) is 10.0 Å². The van der Waals surface area contributed by atoms with Crippen LogP contribution in [-0.4, -0.2) is 25.8 Å². The van der Waals surface area contributed by atoms with Crippen LogP contribution in [0.2, 0.25) is 0 Å². The second-order valence-corrected chi connectivity index (χ2v) is 7.31. The van der Waals surface area contributed by atoms with Crippen LogP contribution in [0, 0.1) is 5.92 Å². The van der Waals surface area contributed by atoms with E-state index in [0.29, 0.717) is 12.5 Å². The molecule has 6 heteroatoms. The van der Waals surface area contributed by atoms with Gasteiger partial charge >= 0.3 is 0 Å². The molecule has 102 valence electrons. The highest BCUT2D eigenvalue weighted by atomic mass is 35.5. The van der Waals surface area contributed by atoms with Crippen LogP contribution in [0.25, 0.3) is 0 Å². The van der Waals surface area contributed by atoms with E-state index in [1.807, 2.05) is 0 Å². The first kappa shape index (κ1) is 15.2. The molecule has 2 aliphatic rings. The van der Waals surface area contributed by atoms with Gasteiger partial charge in [0.1, 0.15) is 0 Å². The van der Waals surface area contributed by atoms with Crippen molar-refractivity contribution >= 4 is 22.4 Å². The van der Waals surface area contributed by atoms with Crippen LogP contribution in [0.1, 0.15) is 45.4 Å². The van der Waals surface area contributed by atoms with Crippen LogP contribution in [0.3, 0.4) is 0 Å². The lowest BCUT2D eigenvalue weighted by atomic mass is 9.74. The Morgan fingerprint density at radius 3 is 2.41 bits per heavy atom. The topological polar surface area (TPSA) is 72.2 Å².